The van der Waals surface area contributed by atoms with Crippen molar-refractivity contribution in [2.45, 2.75) is 51.6 Å². The van der Waals surface area contributed by atoms with Gasteiger partial charge in [0.05, 0.1) is 5.69 Å². The molecule has 4 nitrogen and oxygen atoms in total. The van der Waals surface area contributed by atoms with Crippen LogP contribution in [0.3, 0.4) is 0 Å². The van der Waals surface area contributed by atoms with E-state index in [1.54, 1.807) is 0 Å². The fourth-order valence-electron chi connectivity index (χ4n) is 3.42. The van der Waals surface area contributed by atoms with Crippen LogP contribution in [0.15, 0.2) is 5.38 Å². The Kier molecular flexibility index (Phi) is 5.14. The highest BCUT2D eigenvalue weighted by Crippen LogP contribution is 2.28. The van der Waals surface area contributed by atoms with Gasteiger partial charge in [0.1, 0.15) is 0 Å². The van der Waals surface area contributed by atoms with Crippen LogP contribution in [-0.4, -0.2) is 48.6 Å². The van der Waals surface area contributed by atoms with E-state index in [-0.39, 0.29) is 0 Å². The Morgan fingerprint density at radius 2 is 2.29 bits per heavy atom. The zero-order valence-electron chi connectivity index (χ0n) is 13.3. The standard InChI is InChI=1S/C16H28N4S/c1-3-7-17-13(2)15-12-21-16(18-15)20-10-9-19-8-5-4-6-14(19)11-20/h12-14,17H,3-11H2,1-2H3. The average molecular weight is 308 g/mol. The van der Waals surface area contributed by atoms with Gasteiger partial charge in [0.2, 0.25) is 0 Å². The van der Waals surface area contributed by atoms with Crippen LogP contribution in [0, 0.1) is 0 Å². The molecule has 2 fully saturated rings. The molecule has 3 heterocycles. The number of piperidine rings is 1. The third-order valence-corrected chi connectivity index (χ3v) is 5.68. The van der Waals surface area contributed by atoms with Gasteiger partial charge in [-0.3, -0.25) is 4.90 Å². The lowest BCUT2D eigenvalue weighted by molar-refractivity contribution is 0.133. The summed E-state index contributed by atoms with van der Waals surface area (Å²) in [5.74, 6) is 0. The van der Waals surface area contributed by atoms with Crippen LogP contribution in [0.4, 0.5) is 5.13 Å². The largest absolute Gasteiger partial charge is 0.345 e. The number of nitrogens with zero attached hydrogens (tertiary/aromatic N) is 3. The molecule has 2 saturated heterocycles. The third-order valence-electron chi connectivity index (χ3n) is 4.76. The molecule has 0 radical (unpaired) electrons. The smallest absolute Gasteiger partial charge is 0.185 e. The van der Waals surface area contributed by atoms with Crippen molar-refractivity contribution in [1.82, 2.24) is 15.2 Å². The summed E-state index contributed by atoms with van der Waals surface area (Å²) in [6.07, 6.45) is 5.32. The Balaban J connectivity index is 1.60. The molecule has 5 heteroatoms. The summed E-state index contributed by atoms with van der Waals surface area (Å²) in [6, 6.07) is 1.13. The highest BCUT2D eigenvalue weighted by Gasteiger charge is 2.30. The van der Waals surface area contributed by atoms with Crippen LogP contribution in [0.5, 0.6) is 0 Å². The van der Waals surface area contributed by atoms with Gasteiger partial charge in [-0.2, -0.15) is 0 Å². The van der Waals surface area contributed by atoms with E-state index in [2.05, 4.69) is 34.3 Å². The number of rotatable bonds is 5. The van der Waals surface area contributed by atoms with Gasteiger partial charge < -0.3 is 10.2 Å². The van der Waals surface area contributed by atoms with Crippen LogP contribution in [-0.2, 0) is 0 Å². The molecule has 118 valence electrons. The van der Waals surface area contributed by atoms with Crippen LogP contribution >= 0.6 is 11.3 Å². The molecule has 2 unspecified atom stereocenters. The molecule has 0 amide bonds. The molecule has 1 aromatic rings. The van der Waals surface area contributed by atoms with E-state index in [9.17, 15) is 0 Å². The van der Waals surface area contributed by atoms with Gasteiger partial charge in [-0.25, -0.2) is 4.98 Å². The second-order valence-corrected chi connectivity index (χ2v) is 7.20. The van der Waals surface area contributed by atoms with E-state index in [0.717, 1.165) is 19.1 Å². The molecule has 1 N–H and O–H groups in total. The van der Waals surface area contributed by atoms with E-state index in [1.807, 2.05) is 11.3 Å². The van der Waals surface area contributed by atoms with E-state index in [0.29, 0.717) is 6.04 Å². The maximum Gasteiger partial charge on any atom is 0.185 e. The molecule has 0 saturated carbocycles. The number of hydrogen-bond acceptors (Lipinski definition) is 5. The molecule has 2 atom stereocenters. The zero-order chi connectivity index (χ0) is 14.7. The highest BCUT2D eigenvalue weighted by atomic mass is 32.1. The van der Waals surface area contributed by atoms with Gasteiger partial charge in [0.25, 0.3) is 0 Å². The van der Waals surface area contributed by atoms with Crippen LogP contribution in [0.25, 0.3) is 0 Å². The highest BCUT2D eigenvalue weighted by molar-refractivity contribution is 7.13. The van der Waals surface area contributed by atoms with Crippen molar-refractivity contribution in [3.8, 4) is 0 Å². The van der Waals surface area contributed by atoms with E-state index in [1.165, 1.54) is 56.1 Å². The minimum atomic E-state index is 0.367. The molecular formula is C16H28N4S. The van der Waals surface area contributed by atoms with Gasteiger partial charge in [0.15, 0.2) is 5.13 Å². The minimum Gasteiger partial charge on any atom is -0.345 e. The Hall–Kier alpha value is -0.650. The number of thiazole rings is 1. The number of aromatic nitrogens is 1. The van der Waals surface area contributed by atoms with Crippen molar-refractivity contribution >= 4 is 16.5 Å². The van der Waals surface area contributed by atoms with Crippen molar-refractivity contribution in [2.24, 2.45) is 0 Å². The maximum absolute atomic E-state index is 4.89. The predicted octanol–water partition coefficient (Wildman–Crippen LogP) is 2.88. The maximum atomic E-state index is 4.89. The lowest BCUT2D eigenvalue weighted by atomic mass is 10.00. The van der Waals surface area contributed by atoms with Crippen molar-refractivity contribution < 1.29 is 0 Å². The van der Waals surface area contributed by atoms with Gasteiger partial charge in [-0.1, -0.05) is 13.3 Å². The Labute approximate surface area is 132 Å². The SMILES string of the molecule is CCCNC(C)c1csc(N2CCN3CCCCC3C2)n1. The molecule has 3 rings (SSSR count). The average Bonchev–Trinajstić information content (AvgIpc) is 3.02. The zero-order valence-corrected chi connectivity index (χ0v) is 14.2. The Morgan fingerprint density at radius 1 is 1.38 bits per heavy atom. The third kappa shape index (κ3) is 3.58. The van der Waals surface area contributed by atoms with E-state index in [4.69, 9.17) is 4.98 Å². The number of piperazine rings is 1. The normalized spacial score (nSPS) is 24.9. The second-order valence-electron chi connectivity index (χ2n) is 6.36. The fraction of sp³-hybridized carbons (Fsp3) is 0.812. The molecule has 0 spiro atoms. The van der Waals surface area contributed by atoms with Crippen molar-refractivity contribution in [3.05, 3.63) is 11.1 Å². The van der Waals surface area contributed by atoms with Gasteiger partial charge in [-0.15, -0.1) is 11.3 Å². The van der Waals surface area contributed by atoms with Crippen molar-refractivity contribution in [1.29, 1.82) is 0 Å². The topological polar surface area (TPSA) is 31.4 Å². The number of fused-ring (bicyclic) bond motifs is 1. The number of nitrogens with one attached hydrogen (secondary N) is 1. The fourth-order valence-corrected chi connectivity index (χ4v) is 4.37. The molecule has 1 aromatic heterocycles. The monoisotopic (exact) mass is 308 g/mol. The lowest BCUT2D eigenvalue weighted by Gasteiger charge is -2.44. The summed E-state index contributed by atoms with van der Waals surface area (Å²) in [7, 11) is 0. The van der Waals surface area contributed by atoms with Gasteiger partial charge in [0, 0.05) is 37.1 Å². The molecular weight excluding hydrogens is 280 g/mol. The summed E-state index contributed by atoms with van der Waals surface area (Å²) in [5.41, 5.74) is 1.20. The molecule has 0 aliphatic carbocycles. The minimum absolute atomic E-state index is 0.367. The summed E-state index contributed by atoms with van der Waals surface area (Å²) in [6.45, 7) is 10.3. The van der Waals surface area contributed by atoms with Gasteiger partial charge in [-0.05, 0) is 39.3 Å². The lowest BCUT2D eigenvalue weighted by Crippen LogP contribution is -2.54. The van der Waals surface area contributed by atoms with Crippen LogP contribution < -0.4 is 10.2 Å². The number of anilines is 1. The molecule has 2 aliphatic rings. The van der Waals surface area contributed by atoms with Crippen LogP contribution in [0.1, 0.15) is 51.3 Å². The summed E-state index contributed by atoms with van der Waals surface area (Å²) >= 11 is 1.81. The molecule has 0 aromatic carbocycles. The van der Waals surface area contributed by atoms with Gasteiger partial charge >= 0.3 is 0 Å². The second kappa shape index (κ2) is 7.07. The van der Waals surface area contributed by atoms with E-state index >= 15 is 0 Å². The van der Waals surface area contributed by atoms with E-state index < -0.39 is 0 Å². The first-order valence-corrected chi connectivity index (χ1v) is 9.33. The van der Waals surface area contributed by atoms with Crippen molar-refractivity contribution in [2.75, 3.05) is 37.6 Å². The Bertz CT molecular complexity index is 447. The Morgan fingerprint density at radius 3 is 3.14 bits per heavy atom. The molecule has 0 bridgehead atoms. The summed E-state index contributed by atoms with van der Waals surface area (Å²) in [5, 5.41) is 6.98. The quantitative estimate of drug-likeness (QED) is 0.906. The predicted molar refractivity (Wildman–Crippen MR) is 90.2 cm³/mol. The first kappa shape index (κ1) is 15.3. The molecule has 21 heavy (non-hydrogen) atoms. The first-order chi connectivity index (χ1) is 10.3. The first-order valence-electron chi connectivity index (χ1n) is 8.45. The van der Waals surface area contributed by atoms with Crippen molar-refractivity contribution in [3.63, 3.8) is 0 Å². The summed E-state index contributed by atoms with van der Waals surface area (Å²) < 4.78 is 0. The summed E-state index contributed by atoms with van der Waals surface area (Å²) in [4.78, 5) is 10.1. The molecule has 2 aliphatic heterocycles. The van der Waals surface area contributed by atoms with Crippen LogP contribution in [0.2, 0.25) is 0 Å². The number of hydrogen-bond donors (Lipinski definition) is 1.